The summed E-state index contributed by atoms with van der Waals surface area (Å²) in [6.07, 6.45) is 4.21. The van der Waals surface area contributed by atoms with Gasteiger partial charge in [0.25, 0.3) is 0 Å². The maximum Gasteiger partial charge on any atom is 0.165 e. The maximum absolute atomic E-state index is 5.95. The Morgan fingerprint density at radius 1 is 1.47 bits per heavy atom. The van der Waals surface area contributed by atoms with Crippen LogP contribution >= 0.6 is 11.6 Å². The molecule has 0 amide bonds. The van der Waals surface area contributed by atoms with E-state index in [0.717, 1.165) is 17.7 Å². The molecule has 1 aromatic heterocycles. The van der Waals surface area contributed by atoms with Crippen LogP contribution in [0.25, 0.3) is 0 Å². The van der Waals surface area contributed by atoms with Crippen LogP contribution in [0.5, 0.6) is 11.5 Å². The van der Waals surface area contributed by atoms with E-state index in [-0.39, 0.29) is 0 Å². The molecule has 0 aliphatic carbocycles. The van der Waals surface area contributed by atoms with Crippen molar-refractivity contribution in [2.75, 3.05) is 6.54 Å². The molecule has 2 N–H and O–H groups in total. The Hall–Kier alpha value is -1.52. The summed E-state index contributed by atoms with van der Waals surface area (Å²) < 4.78 is 7.43. The molecular weight excluding hydrogens is 238 g/mol. The van der Waals surface area contributed by atoms with E-state index in [1.165, 1.54) is 0 Å². The van der Waals surface area contributed by atoms with Crippen LogP contribution in [0.4, 0.5) is 0 Å². The highest BCUT2D eigenvalue weighted by molar-refractivity contribution is 6.30. The zero-order valence-electron chi connectivity index (χ0n) is 9.56. The molecule has 0 aliphatic rings. The molecule has 0 fully saturated rings. The largest absolute Gasteiger partial charge is 0.454 e. The first-order valence-corrected chi connectivity index (χ1v) is 5.72. The second-order valence-corrected chi connectivity index (χ2v) is 4.18. The van der Waals surface area contributed by atoms with Crippen molar-refractivity contribution in [1.29, 1.82) is 0 Å². The lowest BCUT2D eigenvalue weighted by Crippen LogP contribution is -2.04. The topological polar surface area (TPSA) is 53.1 Å². The van der Waals surface area contributed by atoms with Crippen LogP contribution < -0.4 is 10.5 Å². The monoisotopic (exact) mass is 251 g/mol. The molecule has 0 bridgehead atoms. The van der Waals surface area contributed by atoms with E-state index < -0.39 is 0 Å². The molecule has 1 heterocycles. The van der Waals surface area contributed by atoms with Crippen molar-refractivity contribution in [2.45, 2.75) is 6.42 Å². The van der Waals surface area contributed by atoms with E-state index in [1.54, 1.807) is 23.1 Å². The van der Waals surface area contributed by atoms with Gasteiger partial charge in [0.1, 0.15) is 5.75 Å². The van der Waals surface area contributed by atoms with Gasteiger partial charge in [-0.1, -0.05) is 11.6 Å². The first-order chi connectivity index (χ1) is 8.19. The molecule has 2 rings (SSSR count). The normalized spacial score (nSPS) is 10.5. The highest BCUT2D eigenvalue weighted by Crippen LogP contribution is 2.27. The lowest BCUT2D eigenvalue weighted by atomic mass is 10.1. The highest BCUT2D eigenvalue weighted by atomic mass is 35.5. The predicted molar refractivity (Wildman–Crippen MR) is 67.5 cm³/mol. The number of hydrogen-bond donors (Lipinski definition) is 1. The van der Waals surface area contributed by atoms with Crippen molar-refractivity contribution in [3.05, 3.63) is 41.2 Å². The van der Waals surface area contributed by atoms with E-state index in [0.29, 0.717) is 17.3 Å². The van der Waals surface area contributed by atoms with Crippen LogP contribution in [-0.4, -0.2) is 16.3 Å². The van der Waals surface area contributed by atoms with Gasteiger partial charge in [-0.15, -0.1) is 0 Å². The third-order valence-corrected chi connectivity index (χ3v) is 2.58. The van der Waals surface area contributed by atoms with E-state index >= 15 is 0 Å². The summed E-state index contributed by atoms with van der Waals surface area (Å²) in [4.78, 5) is 0. The number of hydrogen-bond acceptors (Lipinski definition) is 3. The van der Waals surface area contributed by atoms with E-state index in [4.69, 9.17) is 22.1 Å². The Morgan fingerprint density at radius 2 is 2.29 bits per heavy atom. The Bertz CT molecular complexity index is 510. The van der Waals surface area contributed by atoms with Crippen molar-refractivity contribution in [1.82, 2.24) is 9.78 Å². The summed E-state index contributed by atoms with van der Waals surface area (Å²) in [5.74, 6) is 1.47. The summed E-state index contributed by atoms with van der Waals surface area (Å²) in [7, 11) is 1.84. The van der Waals surface area contributed by atoms with Gasteiger partial charge in [-0.05, 0) is 36.7 Å². The van der Waals surface area contributed by atoms with E-state index in [1.807, 2.05) is 19.2 Å². The van der Waals surface area contributed by atoms with Crippen LogP contribution in [0.15, 0.2) is 30.6 Å². The first-order valence-electron chi connectivity index (χ1n) is 5.34. The van der Waals surface area contributed by atoms with Gasteiger partial charge in [-0.3, -0.25) is 4.68 Å². The third-order valence-electron chi connectivity index (χ3n) is 2.35. The second-order valence-electron chi connectivity index (χ2n) is 3.74. The molecule has 0 aliphatic heterocycles. The molecule has 0 unspecified atom stereocenters. The molecule has 0 saturated carbocycles. The number of rotatable bonds is 4. The lowest BCUT2D eigenvalue weighted by Gasteiger charge is -2.09. The fourth-order valence-corrected chi connectivity index (χ4v) is 1.77. The molecule has 0 radical (unpaired) electrons. The maximum atomic E-state index is 5.95. The standard InChI is InChI=1S/C12H14ClN3O/c1-16-8-11(7-15-16)17-12-3-2-10(13)6-9(12)4-5-14/h2-3,6-8H,4-5,14H2,1H3. The lowest BCUT2D eigenvalue weighted by molar-refractivity contribution is 0.475. The van der Waals surface area contributed by atoms with Gasteiger partial charge in [0.2, 0.25) is 0 Å². The van der Waals surface area contributed by atoms with Crippen LogP contribution in [0.1, 0.15) is 5.56 Å². The number of nitrogens with zero attached hydrogens (tertiary/aromatic N) is 2. The zero-order valence-corrected chi connectivity index (χ0v) is 10.3. The molecule has 5 heteroatoms. The molecular formula is C12H14ClN3O. The van der Waals surface area contributed by atoms with Crippen molar-refractivity contribution in [3.63, 3.8) is 0 Å². The molecule has 1 aromatic carbocycles. The predicted octanol–water partition coefficient (Wildman–Crippen LogP) is 2.37. The van der Waals surface area contributed by atoms with Gasteiger partial charge in [0, 0.05) is 12.1 Å². The van der Waals surface area contributed by atoms with Crippen LogP contribution in [0.2, 0.25) is 5.02 Å². The van der Waals surface area contributed by atoms with E-state index in [9.17, 15) is 0 Å². The minimum atomic E-state index is 0.559. The van der Waals surface area contributed by atoms with Gasteiger partial charge in [0.05, 0.1) is 12.4 Å². The van der Waals surface area contributed by atoms with Crippen LogP contribution in [0, 0.1) is 0 Å². The molecule has 0 saturated heterocycles. The average molecular weight is 252 g/mol. The molecule has 90 valence electrons. The Kier molecular flexibility index (Phi) is 3.66. The summed E-state index contributed by atoms with van der Waals surface area (Å²) in [5, 5.41) is 4.73. The minimum Gasteiger partial charge on any atom is -0.454 e. The van der Waals surface area contributed by atoms with Crippen molar-refractivity contribution in [3.8, 4) is 11.5 Å². The summed E-state index contributed by atoms with van der Waals surface area (Å²) in [6, 6.07) is 5.52. The Labute approximate surface area is 105 Å². The van der Waals surface area contributed by atoms with Crippen LogP contribution in [-0.2, 0) is 13.5 Å². The van der Waals surface area contributed by atoms with Gasteiger partial charge in [-0.2, -0.15) is 5.10 Å². The molecule has 17 heavy (non-hydrogen) atoms. The summed E-state index contributed by atoms with van der Waals surface area (Å²) in [6.45, 7) is 0.559. The molecule has 2 aromatic rings. The van der Waals surface area contributed by atoms with E-state index in [2.05, 4.69) is 5.10 Å². The summed E-state index contributed by atoms with van der Waals surface area (Å²) in [5.41, 5.74) is 6.57. The number of aryl methyl sites for hydroxylation is 1. The second kappa shape index (κ2) is 5.21. The van der Waals surface area contributed by atoms with Crippen molar-refractivity contribution >= 4 is 11.6 Å². The number of nitrogens with two attached hydrogens (primary N) is 1. The van der Waals surface area contributed by atoms with Crippen molar-refractivity contribution < 1.29 is 4.74 Å². The number of ether oxygens (including phenoxy) is 1. The smallest absolute Gasteiger partial charge is 0.165 e. The average Bonchev–Trinajstić information content (AvgIpc) is 2.69. The Balaban J connectivity index is 2.25. The number of halogens is 1. The van der Waals surface area contributed by atoms with Gasteiger partial charge >= 0.3 is 0 Å². The Morgan fingerprint density at radius 3 is 2.94 bits per heavy atom. The van der Waals surface area contributed by atoms with Gasteiger partial charge in [0.15, 0.2) is 5.75 Å². The number of benzene rings is 1. The molecule has 0 spiro atoms. The third kappa shape index (κ3) is 2.99. The number of aromatic nitrogens is 2. The quantitative estimate of drug-likeness (QED) is 0.908. The van der Waals surface area contributed by atoms with Crippen LogP contribution in [0.3, 0.4) is 0 Å². The minimum absolute atomic E-state index is 0.559. The van der Waals surface area contributed by atoms with Crippen molar-refractivity contribution in [2.24, 2.45) is 12.8 Å². The van der Waals surface area contributed by atoms with Gasteiger partial charge in [-0.25, -0.2) is 0 Å². The fourth-order valence-electron chi connectivity index (χ4n) is 1.58. The fraction of sp³-hybridized carbons (Fsp3) is 0.250. The zero-order chi connectivity index (χ0) is 12.3. The highest BCUT2D eigenvalue weighted by Gasteiger charge is 2.06. The SMILES string of the molecule is Cn1cc(Oc2ccc(Cl)cc2CCN)cn1. The molecule has 0 atom stereocenters. The van der Waals surface area contributed by atoms with Gasteiger partial charge < -0.3 is 10.5 Å². The summed E-state index contributed by atoms with van der Waals surface area (Å²) >= 11 is 5.95. The first kappa shape index (κ1) is 12.0. The molecule has 4 nitrogen and oxygen atoms in total.